The van der Waals surface area contributed by atoms with Crippen LogP contribution in [0, 0.1) is 0 Å². The van der Waals surface area contributed by atoms with Crippen LogP contribution in [0.5, 0.6) is 0 Å². The monoisotopic (exact) mass is 323 g/mol. The number of benzene rings is 2. The summed E-state index contributed by atoms with van der Waals surface area (Å²) in [7, 11) is 0. The van der Waals surface area contributed by atoms with E-state index in [0.717, 1.165) is 35.6 Å². The van der Waals surface area contributed by atoms with Gasteiger partial charge in [-0.15, -0.1) is 0 Å². The number of hydrogen-bond donors (Lipinski definition) is 3. The molecule has 0 spiro atoms. The van der Waals surface area contributed by atoms with Crippen molar-refractivity contribution in [3.05, 3.63) is 59.2 Å². The third kappa shape index (κ3) is 3.81. The second-order valence-electron chi connectivity index (χ2n) is 5.85. The van der Waals surface area contributed by atoms with E-state index in [9.17, 15) is 9.59 Å². The molecule has 0 aromatic heterocycles. The van der Waals surface area contributed by atoms with E-state index in [1.54, 1.807) is 12.1 Å². The molecule has 0 radical (unpaired) electrons. The van der Waals surface area contributed by atoms with Crippen molar-refractivity contribution < 1.29 is 9.59 Å². The summed E-state index contributed by atoms with van der Waals surface area (Å²) in [6.45, 7) is 3.74. The van der Waals surface area contributed by atoms with Crippen LogP contribution in [0.4, 0.5) is 11.4 Å². The van der Waals surface area contributed by atoms with Crippen LogP contribution in [0.25, 0.3) is 0 Å². The Hall–Kier alpha value is -2.66. The fourth-order valence-corrected chi connectivity index (χ4v) is 2.76. The second-order valence-corrected chi connectivity index (χ2v) is 5.85. The largest absolute Gasteiger partial charge is 0.326 e. The maximum absolute atomic E-state index is 12.5. The fraction of sp³-hybridized carbons (Fsp3) is 0.263. The number of nitrogens with one attached hydrogen (secondary N) is 3. The van der Waals surface area contributed by atoms with Gasteiger partial charge in [0, 0.05) is 29.9 Å². The van der Waals surface area contributed by atoms with E-state index in [-0.39, 0.29) is 11.8 Å². The molecular weight excluding hydrogens is 302 g/mol. The average Bonchev–Trinajstić information content (AvgIpc) is 2.59. The third-order valence-corrected chi connectivity index (χ3v) is 4.03. The molecule has 5 heteroatoms. The Morgan fingerprint density at radius 3 is 2.88 bits per heavy atom. The summed E-state index contributed by atoms with van der Waals surface area (Å²) in [6.07, 6.45) is 1.13. The van der Waals surface area contributed by atoms with Crippen molar-refractivity contribution in [1.29, 1.82) is 0 Å². The number of aryl methyl sites for hydroxylation is 1. The fourth-order valence-electron chi connectivity index (χ4n) is 2.76. The first-order chi connectivity index (χ1) is 11.7. The zero-order chi connectivity index (χ0) is 16.9. The van der Waals surface area contributed by atoms with Gasteiger partial charge in [-0.25, -0.2) is 0 Å². The summed E-state index contributed by atoms with van der Waals surface area (Å²) in [5.41, 5.74) is 4.31. The summed E-state index contributed by atoms with van der Waals surface area (Å²) < 4.78 is 0. The van der Waals surface area contributed by atoms with E-state index in [0.29, 0.717) is 18.4 Å². The lowest BCUT2D eigenvalue weighted by Gasteiger charge is -2.17. The lowest BCUT2D eigenvalue weighted by atomic mass is 10.00. The Balaban J connectivity index is 1.72. The first-order valence-corrected chi connectivity index (χ1v) is 8.19. The standard InChI is InChI=1S/C19H21N3O2/c1-2-20-12-13-4-3-5-16(10-13)21-19(24)15-6-8-17-14(11-15)7-9-18(23)22-17/h3-6,8,10-11,20H,2,7,9,12H2,1H3,(H,21,24)(H,22,23). The third-order valence-electron chi connectivity index (χ3n) is 4.03. The highest BCUT2D eigenvalue weighted by Crippen LogP contribution is 2.24. The highest BCUT2D eigenvalue weighted by atomic mass is 16.2. The molecule has 2 amide bonds. The first kappa shape index (κ1) is 16.2. The Bertz CT molecular complexity index is 771. The maximum Gasteiger partial charge on any atom is 0.255 e. The van der Waals surface area contributed by atoms with E-state index in [2.05, 4.69) is 22.9 Å². The lowest BCUT2D eigenvalue weighted by molar-refractivity contribution is -0.116. The molecule has 0 fully saturated rings. The van der Waals surface area contributed by atoms with Gasteiger partial charge in [-0.05, 0) is 54.4 Å². The molecule has 0 saturated carbocycles. The van der Waals surface area contributed by atoms with Crippen LogP contribution < -0.4 is 16.0 Å². The van der Waals surface area contributed by atoms with Crippen molar-refractivity contribution in [2.24, 2.45) is 0 Å². The molecule has 24 heavy (non-hydrogen) atoms. The summed E-state index contributed by atoms with van der Waals surface area (Å²) >= 11 is 0. The molecule has 0 bridgehead atoms. The molecule has 1 aliphatic rings. The van der Waals surface area contributed by atoms with E-state index in [4.69, 9.17) is 0 Å². The van der Waals surface area contributed by atoms with Crippen molar-refractivity contribution in [2.75, 3.05) is 17.2 Å². The Kier molecular flexibility index (Phi) is 4.91. The molecule has 0 saturated heterocycles. The minimum absolute atomic E-state index is 0.0252. The predicted octanol–water partition coefficient (Wildman–Crippen LogP) is 2.93. The lowest BCUT2D eigenvalue weighted by Crippen LogP contribution is -2.20. The topological polar surface area (TPSA) is 70.2 Å². The average molecular weight is 323 g/mol. The molecule has 0 unspecified atom stereocenters. The molecule has 124 valence electrons. The van der Waals surface area contributed by atoms with Gasteiger partial charge in [-0.1, -0.05) is 19.1 Å². The van der Waals surface area contributed by atoms with Gasteiger partial charge in [-0.2, -0.15) is 0 Å². The minimum atomic E-state index is -0.143. The van der Waals surface area contributed by atoms with Gasteiger partial charge in [0.1, 0.15) is 0 Å². The number of fused-ring (bicyclic) bond motifs is 1. The molecule has 1 aliphatic heterocycles. The maximum atomic E-state index is 12.5. The number of anilines is 2. The van der Waals surface area contributed by atoms with E-state index >= 15 is 0 Å². The highest BCUT2D eigenvalue weighted by molar-refractivity contribution is 6.05. The zero-order valence-corrected chi connectivity index (χ0v) is 13.7. The zero-order valence-electron chi connectivity index (χ0n) is 13.7. The van der Waals surface area contributed by atoms with Crippen LogP contribution in [0.1, 0.15) is 34.8 Å². The Labute approximate surface area is 141 Å². The number of carbonyl (C=O) groups is 2. The predicted molar refractivity (Wildman–Crippen MR) is 95.2 cm³/mol. The molecule has 1 heterocycles. The molecule has 5 nitrogen and oxygen atoms in total. The minimum Gasteiger partial charge on any atom is -0.326 e. The van der Waals surface area contributed by atoms with Crippen LogP contribution in [0.15, 0.2) is 42.5 Å². The van der Waals surface area contributed by atoms with Crippen LogP contribution >= 0.6 is 0 Å². The van der Waals surface area contributed by atoms with Gasteiger partial charge < -0.3 is 16.0 Å². The highest BCUT2D eigenvalue weighted by Gasteiger charge is 2.16. The Morgan fingerprint density at radius 2 is 2.04 bits per heavy atom. The molecule has 3 rings (SSSR count). The molecule has 0 aliphatic carbocycles. The first-order valence-electron chi connectivity index (χ1n) is 8.19. The van der Waals surface area contributed by atoms with Gasteiger partial charge in [0.25, 0.3) is 5.91 Å². The van der Waals surface area contributed by atoms with Crippen LogP contribution in [-0.2, 0) is 17.8 Å². The van der Waals surface area contributed by atoms with Gasteiger partial charge >= 0.3 is 0 Å². The Morgan fingerprint density at radius 1 is 1.17 bits per heavy atom. The normalized spacial score (nSPS) is 13.1. The number of rotatable bonds is 5. The van der Waals surface area contributed by atoms with Crippen molar-refractivity contribution in [1.82, 2.24) is 5.32 Å². The van der Waals surface area contributed by atoms with Crippen molar-refractivity contribution in [3.8, 4) is 0 Å². The van der Waals surface area contributed by atoms with Crippen molar-refractivity contribution in [3.63, 3.8) is 0 Å². The van der Waals surface area contributed by atoms with E-state index in [1.165, 1.54) is 0 Å². The van der Waals surface area contributed by atoms with E-state index < -0.39 is 0 Å². The quantitative estimate of drug-likeness (QED) is 0.792. The number of hydrogen-bond acceptors (Lipinski definition) is 3. The SMILES string of the molecule is CCNCc1cccc(NC(=O)c2ccc3c(c2)CCC(=O)N3)c1. The molecule has 0 atom stereocenters. The smallest absolute Gasteiger partial charge is 0.255 e. The molecule has 3 N–H and O–H groups in total. The summed E-state index contributed by atoms with van der Waals surface area (Å²) in [5.74, 6) is -0.118. The summed E-state index contributed by atoms with van der Waals surface area (Å²) in [5, 5.41) is 9.03. The molecule has 2 aromatic rings. The molecular formula is C19H21N3O2. The van der Waals surface area contributed by atoms with Crippen LogP contribution in [0.2, 0.25) is 0 Å². The van der Waals surface area contributed by atoms with E-state index in [1.807, 2.05) is 30.3 Å². The summed E-state index contributed by atoms with van der Waals surface area (Å²) in [4.78, 5) is 23.9. The van der Waals surface area contributed by atoms with Gasteiger partial charge in [-0.3, -0.25) is 9.59 Å². The van der Waals surface area contributed by atoms with Gasteiger partial charge in [0.2, 0.25) is 5.91 Å². The number of amides is 2. The van der Waals surface area contributed by atoms with Crippen molar-refractivity contribution in [2.45, 2.75) is 26.3 Å². The van der Waals surface area contributed by atoms with Crippen LogP contribution in [-0.4, -0.2) is 18.4 Å². The van der Waals surface area contributed by atoms with Crippen molar-refractivity contribution >= 4 is 23.2 Å². The molecule has 2 aromatic carbocycles. The number of carbonyl (C=O) groups excluding carboxylic acids is 2. The van der Waals surface area contributed by atoms with Crippen LogP contribution in [0.3, 0.4) is 0 Å². The van der Waals surface area contributed by atoms with Gasteiger partial charge in [0.05, 0.1) is 0 Å². The summed E-state index contributed by atoms with van der Waals surface area (Å²) in [6, 6.07) is 13.2. The van der Waals surface area contributed by atoms with Gasteiger partial charge in [0.15, 0.2) is 0 Å². The second kappa shape index (κ2) is 7.27.